The molecule has 1 spiro atoms. The Morgan fingerprint density at radius 2 is 2.15 bits per heavy atom. The van der Waals surface area contributed by atoms with Crippen LogP contribution in [0.4, 0.5) is 0 Å². The van der Waals surface area contributed by atoms with Crippen LogP contribution in [0.15, 0.2) is 12.5 Å². The number of amides is 1. The van der Waals surface area contributed by atoms with Gasteiger partial charge in [-0.05, 0) is 26.7 Å². The standard InChI is InChI=1S/C20H30N6O/c1-4-26-12-15(14(2)24-26)11-25(3)19(27)17-10-16-18(22-13-21-16)20(23-17)8-6-5-7-9-20/h12-13,17,23H,4-11H2,1-3H3,(H,21,22)/t17-/m0/s1. The van der Waals surface area contributed by atoms with E-state index in [1.165, 1.54) is 19.3 Å². The zero-order valence-corrected chi connectivity index (χ0v) is 16.6. The predicted octanol–water partition coefficient (Wildman–Crippen LogP) is 2.27. The van der Waals surface area contributed by atoms with Crippen molar-refractivity contribution in [3.63, 3.8) is 0 Å². The second kappa shape index (κ2) is 7.11. The number of nitrogens with one attached hydrogen (secondary N) is 2. The van der Waals surface area contributed by atoms with Crippen molar-refractivity contribution in [2.24, 2.45) is 0 Å². The Morgan fingerprint density at radius 3 is 2.85 bits per heavy atom. The molecule has 1 atom stereocenters. The lowest BCUT2D eigenvalue weighted by atomic mass is 9.75. The minimum atomic E-state index is -0.206. The first-order valence-corrected chi connectivity index (χ1v) is 10.1. The van der Waals surface area contributed by atoms with E-state index in [2.05, 4.69) is 27.3 Å². The second-order valence-corrected chi connectivity index (χ2v) is 8.06. The first kappa shape index (κ1) is 18.2. The Hall–Kier alpha value is -2.15. The van der Waals surface area contributed by atoms with Crippen molar-refractivity contribution in [3.05, 3.63) is 35.2 Å². The van der Waals surface area contributed by atoms with Gasteiger partial charge in [0.2, 0.25) is 5.91 Å². The Balaban J connectivity index is 1.52. The van der Waals surface area contributed by atoms with E-state index in [0.29, 0.717) is 13.0 Å². The Morgan fingerprint density at radius 1 is 1.37 bits per heavy atom. The number of hydrogen-bond donors (Lipinski definition) is 2. The normalized spacial score (nSPS) is 21.2. The summed E-state index contributed by atoms with van der Waals surface area (Å²) in [6.07, 6.45) is 10.2. The topological polar surface area (TPSA) is 78.8 Å². The van der Waals surface area contributed by atoms with Crippen molar-refractivity contribution in [1.29, 1.82) is 0 Å². The van der Waals surface area contributed by atoms with E-state index in [9.17, 15) is 4.79 Å². The molecule has 1 saturated carbocycles. The number of imidazole rings is 1. The van der Waals surface area contributed by atoms with Crippen molar-refractivity contribution in [1.82, 2.24) is 30.0 Å². The van der Waals surface area contributed by atoms with Crippen LogP contribution in [-0.2, 0) is 29.8 Å². The van der Waals surface area contributed by atoms with Gasteiger partial charge < -0.3 is 9.88 Å². The number of aromatic amines is 1. The number of hydrogen-bond acceptors (Lipinski definition) is 4. The van der Waals surface area contributed by atoms with E-state index in [1.807, 2.05) is 29.7 Å². The molecule has 1 fully saturated rings. The van der Waals surface area contributed by atoms with Crippen molar-refractivity contribution >= 4 is 5.91 Å². The molecule has 2 N–H and O–H groups in total. The highest BCUT2D eigenvalue weighted by Crippen LogP contribution is 2.40. The number of nitrogens with zero attached hydrogens (tertiary/aromatic N) is 4. The largest absolute Gasteiger partial charge is 0.348 e. The van der Waals surface area contributed by atoms with E-state index in [0.717, 1.165) is 42.0 Å². The molecule has 7 nitrogen and oxygen atoms in total. The fraction of sp³-hybridized carbons (Fsp3) is 0.650. The molecular weight excluding hydrogens is 340 g/mol. The van der Waals surface area contributed by atoms with Gasteiger partial charge in [0, 0.05) is 44.0 Å². The first-order valence-electron chi connectivity index (χ1n) is 10.1. The molecule has 0 radical (unpaired) electrons. The summed E-state index contributed by atoms with van der Waals surface area (Å²) in [6, 6.07) is -0.206. The molecular formula is C20H30N6O. The summed E-state index contributed by atoms with van der Waals surface area (Å²) in [7, 11) is 1.89. The van der Waals surface area contributed by atoms with Crippen LogP contribution in [0.3, 0.4) is 0 Å². The van der Waals surface area contributed by atoms with Crippen LogP contribution < -0.4 is 5.32 Å². The molecule has 2 aliphatic rings. The summed E-state index contributed by atoms with van der Waals surface area (Å²) in [5.74, 6) is 0.142. The fourth-order valence-electron chi connectivity index (χ4n) is 4.71. The lowest BCUT2D eigenvalue weighted by Crippen LogP contribution is -2.58. The van der Waals surface area contributed by atoms with Gasteiger partial charge in [0.15, 0.2) is 0 Å². The maximum Gasteiger partial charge on any atom is 0.240 e. The lowest BCUT2D eigenvalue weighted by molar-refractivity contribution is -0.133. The number of carbonyl (C=O) groups excluding carboxylic acids is 1. The second-order valence-electron chi connectivity index (χ2n) is 8.06. The summed E-state index contributed by atoms with van der Waals surface area (Å²) in [6.45, 7) is 5.51. The van der Waals surface area contributed by atoms with Gasteiger partial charge in [-0.1, -0.05) is 19.3 Å². The molecule has 2 aromatic heterocycles. The third-order valence-corrected chi connectivity index (χ3v) is 6.19. The summed E-state index contributed by atoms with van der Waals surface area (Å²) in [5, 5.41) is 8.21. The van der Waals surface area contributed by atoms with Gasteiger partial charge in [-0.25, -0.2) is 4.98 Å². The van der Waals surface area contributed by atoms with Crippen molar-refractivity contribution in [2.75, 3.05) is 7.05 Å². The molecule has 1 amide bonds. The van der Waals surface area contributed by atoms with E-state index >= 15 is 0 Å². The Kier molecular flexibility index (Phi) is 4.80. The van der Waals surface area contributed by atoms with Crippen LogP contribution in [0.25, 0.3) is 0 Å². The quantitative estimate of drug-likeness (QED) is 0.865. The van der Waals surface area contributed by atoms with Crippen molar-refractivity contribution in [3.8, 4) is 0 Å². The number of aryl methyl sites for hydroxylation is 2. The number of fused-ring (bicyclic) bond motifs is 2. The number of H-pyrrole nitrogens is 1. The summed E-state index contributed by atoms with van der Waals surface area (Å²) in [4.78, 5) is 23.0. The highest BCUT2D eigenvalue weighted by Gasteiger charge is 2.44. The highest BCUT2D eigenvalue weighted by atomic mass is 16.2. The summed E-state index contributed by atoms with van der Waals surface area (Å²) >= 11 is 0. The average molecular weight is 371 g/mol. The maximum absolute atomic E-state index is 13.2. The van der Waals surface area contributed by atoms with Crippen molar-refractivity contribution in [2.45, 2.75) is 77.0 Å². The van der Waals surface area contributed by atoms with Gasteiger partial charge in [-0.3, -0.25) is 14.8 Å². The molecule has 0 bridgehead atoms. The predicted molar refractivity (Wildman–Crippen MR) is 103 cm³/mol. The van der Waals surface area contributed by atoms with Gasteiger partial charge in [0.25, 0.3) is 0 Å². The number of aromatic nitrogens is 4. The third-order valence-electron chi connectivity index (χ3n) is 6.19. The van der Waals surface area contributed by atoms with E-state index in [4.69, 9.17) is 0 Å². The minimum absolute atomic E-state index is 0.142. The molecule has 4 rings (SSSR count). The van der Waals surface area contributed by atoms with E-state index in [1.54, 1.807) is 6.33 Å². The van der Waals surface area contributed by atoms with Gasteiger partial charge in [-0.15, -0.1) is 0 Å². The molecule has 1 aliphatic heterocycles. The van der Waals surface area contributed by atoms with Gasteiger partial charge >= 0.3 is 0 Å². The van der Waals surface area contributed by atoms with Crippen LogP contribution in [0.5, 0.6) is 0 Å². The molecule has 0 aromatic carbocycles. The highest BCUT2D eigenvalue weighted by molar-refractivity contribution is 5.82. The van der Waals surface area contributed by atoms with Crippen LogP contribution in [-0.4, -0.2) is 43.6 Å². The lowest BCUT2D eigenvalue weighted by Gasteiger charge is -2.44. The monoisotopic (exact) mass is 370 g/mol. The Bertz CT molecular complexity index is 816. The zero-order chi connectivity index (χ0) is 19.0. The maximum atomic E-state index is 13.2. The smallest absolute Gasteiger partial charge is 0.240 e. The van der Waals surface area contributed by atoms with Crippen LogP contribution in [0.1, 0.15) is 61.7 Å². The summed E-state index contributed by atoms with van der Waals surface area (Å²) in [5.41, 5.74) is 4.22. The molecule has 27 heavy (non-hydrogen) atoms. The van der Waals surface area contributed by atoms with Gasteiger partial charge in [-0.2, -0.15) is 5.10 Å². The van der Waals surface area contributed by atoms with Crippen LogP contribution in [0.2, 0.25) is 0 Å². The van der Waals surface area contributed by atoms with Gasteiger partial charge in [0.05, 0.1) is 29.3 Å². The summed E-state index contributed by atoms with van der Waals surface area (Å²) < 4.78 is 1.93. The number of likely N-dealkylation sites (N-methyl/N-ethyl adjacent to an activating group) is 1. The van der Waals surface area contributed by atoms with Crippen LogP contribution in [0, 0.1) is 6.92 Å². The first-order chi connectivity index (χ1) is 13.0. The third kappa shape index (κ3) is 3.29. The molecule has 7 heteroatoms. The van der Waals surface area contributed by atoms with Gasteiger partial charge in [0.1, 0.15) is 0 Å². The minimum Gasteiger partial charge on any atom is -0.348 e. The van der Waals surface area contributed by atoms with Crippen LogP contribution >= 0.6 is 0 Å². The molecule has 0 unspecified atom stereocenters. The fourth-order valence-corrected chi connectivity index (χ4v) is 4.71. The van der Waals surface area contributed by atoms with Crippen molar-refractivity contribution < 1.29 is 4.79 Å². The SMILES string of the molecule is CCn1cc(CN(C)C(=O)[C@@H]2Cc3[nH]cnc3C3(CCCCC3)N2)c(C)n1. The molecule has 2 aromatic rings. The molecule has 1 aliphatic carbocycles. The Labute approximate surface area is 160 Å². The van der Waals surface area contributed by atoms with E-state index in [-0.39, 0.29) is 17.5 Å². The number of rotatable bonds is 4. The van der Waals surface area contributed by atoms with E-state index < -0.39 is 0 Å². The molecule has 3 heterocycles. The molecule has 146 valence electrons. The zero-order valence-electron chi connectivity index (χ0n) is 16.6. The average Bonchev–Trinajstić information content (AvgIpc) is 3.29. The molecule has 0 saturated heterocycles. The number of carbonyl (C=O) groups is 1.